The van der Waals surface area contributed by atoms with Gasteiger partial charge in [-0.15, -0.1) is 0 Å². The molecular formula is C7H14N2O. The Balaban J connectivity index is 2.51. The molecule has 3 heteroatoms. The Kier molecular flexibility index (Phi) is 1.68. The number of primary amides is 1. The second-order valence-electron chi connectivity index (χ2n) is 3.70. The van der Waals surface area contributed by atoms with E-state index in [0.29, 0.717) is 0 Å². The third-order valence-electron chi connectivity index (χ3n) is 1.93. The van der Waals surface area contributed by atoms with Crippen LogP contribution in [0.25, 0.3) is 0 Å². The second kappa shape index (κ2) is 2.23. The Morgan fingerprint density at radius 2 is 2.30 bits per heavy atom. The van der Waals surface area contributed by atoms with Crippen LogP contribution in [0.1, 0.15) is 20.3 Å². The molecule has 1 fully saturated rings. The van der Waals surface area contributed by atoms with Crippen LogP contribution in [-0.4, -0.2) is 18.5 Å². The van der Waals surface area contributed by atoms with Crippen molar-refractivity contribution in [2.45, 2.75) is 26.3 Å². The lowest BCUT2D eigenvalue weighted by Crippen LogP contribution is -2.36. The van der Waals surface area contributed by atoms with E-state index in [2.05, 4.69) is 19.2 Å². The lowest BCUT2D eigenvalue weighted by atomic mass is 9.90. The van der Waals surface area contributed by atoms with Crippen molar-refractivity contribution in [2.75, 3.05) is 6.54 Å². The average Bonchev–Trinajstić information content (AvgIpc) is 2.10. The minimum Gasteiger partial charge on any atom is -0.368 e. The van der Waals surface area contributed by atoms with E-state index in [0.717, 1.165) is 13.0 Å². The maximum Gasteiger partial charge on any atom is 0.234 e. The zero-order valence-electron chi connectivity index (χ0n) is 6.48. The first-order chi connectivity index (χ1) is 4.51. The molecule has 3 N–H and O–H groups in total. The number of nitrogens with one attached hydrogen (secondary N) is 1. The molecule has 0 unspecified atom stereocenters. The first kappa shape index (κ1) is 7.54. The maximum atomic E-state index is 10.6. The van der Waals surface area contributed by atoms with Gasteiger partial charge >= 0.3 is 0 Å². The zero-order chi connectivity index (χ0) is 7.78. The molecule has 0 aromatic rings. The molecular weight excluding hydrogens is 128 g/mol. The normalized spacial score (nSPS) is 30.4. The quantitative estimate of drug-likeness (QED) is 0.535. The van der Waals surface area contributed by atoms with Crippen molar-refractivity contribution in [1.29, 1.82) is 0 Å². The molecule has 0 spiro atoms. The van der Waals surface area contributed by atoms with Crippen molar-refractivity contribution in [1.82, 2.24) is 5.32 Å². The second-order valence-corrected chi connectivity index (χ2v) is 3.70. The number of rotatable bonds is 1. The molecule has 1 amide bonds. The summed E-state index contributed by atoms with van der Waals surface area (Å²) in [6.07, 6.45) is 0.863. The fourth-order valence-electron chi connectivity index (χ4n) is 1.30. The summed E-state index contributed by atoms with van der Waals surface area (Å²) in [5.41, 5.74) is 5.35. The Labute approximate surface area is 61.0 Å². The highest BCUT2D eigenvalue weighted by molar-refractivity contribution is 5.80. The lowest BCUT2D eigenvalue weighted by Gasteiger charge is -2.13. The average molecular weight is 142 g/mol. The summed E-state index contributed by atoms with van der Waals surface area (Å²) in [5.74, 6) is -0.231. The van der Waals surface area contributed by atoms with Crippen molar-refractivity contribution >= 4 is 5.91 Å². The standard InChI is InChI=1S/C7H14N2O/c1-7(2)3-5(6(8)10)9-4-7/h5,9H,3-4H2,1-2H3,(H2,8,10)/t5-/m0/s1. The molecule has 0 saturated carbocycles. The Morgan fingerprint density at radius 1 is 1.70 bits per heavy atom. The molecule has 1 heterocycles. The Morgan fingerprint density at radius 3 is 2.50 bits per heavy atom. The fourth-order valence-corrected chi connectivity index (χ4v) is 1.30. The number of hydrogen-bond acceptors (Lipinski definition) is 2. The molecule has 0 aromatic carbocycles. The predicted molar refractivity (Wildman–Crippen MR) is 39.4 cm³/mol. The lowest BCUT2D eigenvalue weighted by molar-refractivity contribution is -0.119. The molecule has 3 nitrogen and oxygen atoms in total. The van der Waals surface area contributed by atoms with Gasteiger partial charge in [0.1, 0.15) is 0 Å². The molecule has 0 aliphatic carbocycles. The minimum atomic E-state index is -0.231. The van der Waals surface area contributed by atoms with Crippen molar-refractivity contribution in [2.24, 2.45) is 11.1 Å². The van der Waals surface area contributed by atoms with Crippen molar-refractivity contribution in [3.05, 3.63) is 0 Å². The van der Waals surface area contributed by atoms with Crippen LogP contribution in [0.3, 0.4) is 0 Å². The van der Waals surface area contributed by atoms with Crippen LogP contribution in [0.5, 0.6) is 0 Å². The van der Waals surface area contributed by atoms with E-state index < -0.39 is 0 Å². The van der Waals surface area contributed by atoms with E-state index in [1.165, 1.54) is 0 Å². The van der Waals surface area contributed by atoms with Crippen LogP contribution in [-0.2, 0) is 4.79 Å². The van der Waals surface area contributed by atoms with Crippen LogP contribution >= 0.6 is 0 Å². The van der Waals surface area contributed by atoms with Crippen LogP contribution in [0.2, 0.25) is 0 Å². The van der Waals surface area contributed by atoms with Gasteiger partial charge in [0.15, 0.2) is 0 Å². The van der Waals surface area contributed by atoms with Gasteiger partial charge in [-0.2, -0.15) is 0 Å². The molecule has 58 valence electrons. The van der Waals surface area contributed by atoms with Gasteiger partial charge in [0.05, 0.1) is 6.04 Å². The highest BCUT2D eigenvalue weighted by atomic mass is 16.1. The summed E-state index contributed by atoms with van der Waals surface area (Å²) >= 11 is 0. The predicted octanol–water partition coefficient (Wildman–Crippen LogP) is -0.140. The number of carbonyl (C=O) groups excluding carboxylic acids is 1. The first-order valence-corrected chi connectivity index (χ1v) is 3.54. The number of hydrogen-bond donors (Lipinski definition) is 2. The van der Waals surface area contributed by atoms with Gasteiger partial charge in [0.2, 0.25) is 5.91 Å². The van der Waals surface area contributed by atoms with Gasteiger partial charge in [-0.05, 0) is 11.8 Å². The van der Waals surface area contributed by atoms with Crippen molar-refractivity contribution in [3.63, 3.8) is 0 Å². The fraction of sp³-hybridized carbons (Fsp3) is 0.857. The van der Waals surface area contributed by atoms with E-state index >= 15 is 0 Å². The van der Waals surface area contributed by atoms with Crippen LogP contribution < -0.4 is 11.1 Å². The van der Waals surface area contributed by atoms with Crippen LogP contribution in [0.4, 0.5) is 0 Å². The maximum absolute atomic E-state index is 10.6. The summed E-state index contributed by atoms with van der Waals surface area (Å²) < 4.78 is 0. The number of nitrogens with two attached hydrogens (primary N) is 1. The van der Waals surface area contributed by atoms with Gasteiger partial charge in [-0.25, -0.2) is 0 Å². The highest BCUT2D eigenvalue weighted by Crippen LogP contribution is 2.26. The van der Waals surface area contributed by atoms with E-state index in [1.54, 1.807) is 0 Å². The molecule has 0 radical (unpaired) electrons. The molecule has 1 aliphatic heterocycles. The summed E-state index contributed by atoms with van der Waals surface area (Å²) in [7, 11) is 0. The topological polar surface area (TPSA) is 55.1 Å². The smallest absolute Gasteiger partial charge is 0.234 e. The molecule has 0 aromatic heterocycles. The molecule has 0 bridgehead atoms. The van der Waals surface area contributed by atoms with E-state index in [-0.39, 0.29) is 17.4 Å². The van der Waals surface area contributed by atoms with E-state index in [9.17, 15) is 4.79 Å². The third-order valence-corrected chi connectivity index (χ3v) is 1.93. The number of carbonyl (C=O) groups is 1. The molecule has 1 rings (SSSR count). The van der Waals surface area contributed by atoms with Crippen LogP contribution in [0, 0.1) is 5.41 Å². The summed E-state index contributed by atoms with van der Waals surface area (Å²) in [6.45, 7) is 5.15. The van der Waals surface area contributed by atoms with E-state index in [4.69, 9.17) is 5.73 Å². The van der Waals surface area contributed by atoms with Gasteiger partial charge in [-0.1, -0.05) is 13.8 Å². The van der Waals surface area contributed by atoms with Crippen molar-refractivity contribution in [3.8, 4) is 0 Å². The monoisotopic (exact) mass is 142 g/mol. The van der Waals surface area contributed by atoms with Crippen molar-refractivity contribution < 1.29 is 4.79 Å². The Bertz CT molecular complexity index is 154. The molecule has 1 saturated heterocycles. The van der Waals surface area contributed by atoms with E-state index in [1.807, 2.05) is 0 Å². The zero-order valence-corrected chi connectivity index (χ0v) is 6.48. The number of amides is 1. The van der Waals surface area contributed by atoms with Crippen LogP contribution in [0.15, 0.2) is 0 Å². The van der Waals surface area contributed by atoms with Gasteiger partial charge in [0, 0.05) is 6.54 Å². The third kappa shape index (κ3) is 1.48. The molecule has 10 heavy (non-hydrogen) atoms. The minimum absolute atomic E-state index is 0.102. The first-order valence-electron chi connectivity index (χ1n) is 3.54. The van der Waals surface area contributed by atoms with Gasteiger partial charge < -0.3 is 11.1 Å². The van der Waals surface area contributed by atoms with Gasteiger partial charge in [-0.3, -0.25) is 4.79 Å². The summed E-state index contributed by atoms with van der Waals surface area (Å²) in [4.78, 5) is 10.6. The largest absolute Gasteiger partial charge is 0.368 e. The highest BCUT2D eigenvalue weighted by Gasteiger charge is 2.33. The summed E-state index contributed by atoms with van der Waals surface area (Å²) in [6, 6.07) is -0.102. The SMILES string of the molecule is CC1(C)CN[C@H](C(N)=O)C1. The molecule has 1 atom stereocenters. The van der Waals surface area contributed by atoms with Gasteiger partial charge in [0.25, 0.3) is 0 Å². The molecule has 1 aliphatic rings. The Hall–Kier alpha value is -0.570. The summed E-state index contributed by atoms with van der Waals surface area (Å²) in [5, 5.41) is 3.07.